The molecule has 0 heterocycles. The number of hydrogen-bond acceptors (Lipinski definition) is 4. The van der Waals surface area contributed by atoms with Gasteiger partial charge in [0.2, 0.25) is 0 Å². The summed E-state index contributed by atoms with van der Waals surface area (Å²) < 4.78 is 10.3. The first-order valence-electron chi connectivity index (χ1n) is 3.85. The van der Waals surface area contributed by atoms with Gasteiger partial charge in [-0.1, -0.05) is 0 Å². The average Bonchev–Trinajstić information content (AvgIpc) is 2.03. The molecule has 0 aliphatic carbocycles. The van der Waals surface area contributed by atoms with Crippen LogP contribution in [0.4, 0.5) is 0 Å². The zero-order valence-corrected chi connectivity index (χ0v) is 7.12. The van der Waals surface area contributed by atoms with Gasteiger partial charge in [0.05, 0.1) is 12.6 Å². The summed E-state index contributed by atoms with van der Waals surface area (Å²) in [7, 11) is 0. The molecule has 0 aromatic carbocycles. The highest BCUT2D eigenvalue weighted by molar-refractivity contribution is 4.63. The molecule has 0 aliphatic rings. The molecular weight excluding hydrogens is 146 g/mol. The predicted molar refractivity (Wildman–Crippen MR) is 42.1 cm³/mol. The summed E-state index contributed by atoms with van der Waals surface area (Å²) in [6, 6.07) is -0.449. The monoisotopic (exact) mass is 163 g/mol. The Labute approximate surface area is 67.3 Å². The van der Waals surface area contributed by atoms with Crippen molar-refractivity contribution >= 4 is 0 Å². The van der Waals surface area contributed by atoms with Crippen LogP contribution in [0.2, 0.25) is 0 Å². The Morgan fingerprint density at radius 1 is 1.27 bits per heavy atom. The van der Waals surface area contributed by atoms with Gasteiger partial charge in [0.25, 0.3) is 0 Å². The molecule has 4 heteroatoms. The molecule has 3 N–H and O–H groups in total. The van der Waals surface area contributed by atoms with Crippen molar-refractivity contribution in [2.75, 3.05) is 19.8 Å². The zero-order chi connectivity index (χ0) is 8.69. The van der Waals surface area contributed by atoms with Crippen LogP contribution in [-0.2, 0) is 9.47 Å². The topological polar surface area (TPSA) is 64.7 Å². The van der Waals surface area contributed by atoms with Crippen molar-refractivity contribution in [3.8, 4) is 0 Å². The first kappa shape index (κ1) is 10.8. The van der Waals surface area contributed by atoms with Crippen LogP contribution in [0, 0.1) is 0 Å². The van der Waals surface area contributed by atoms with Gasteiger partial charge in [0, 0.05) is 13.2 Å². The molecule has 0 spiro atoms. The average molecular weight is 163 g/mol. The fourth-order valence-corrected chi connectivity index (χ4v) is 0.710. The van der Waals surface area contributed by atoms with Gasteiger partial charge < -0.3 is 20.3 Å². The van der Waals surface area contributed by atoms with Gasteiger partial charge in [0.15, 0.2) is 6.29 Å². The highest BCUT2D eigenvalue weighted by Crippen LogP contribution is 1.98. The molecule has 0 saturated heterocycles. The molecule has 0 rings (SSSR count). The lowest BCUT2D eigenvalue weighted by Crippen LogP contribution is -2.41. The molecule has 0 aromatic heterocycles. The van der Waals surface area contributed by atoms with E-state index >= 15 is 0 Å². The van der Waals surface area contributed by atoms with E-state index < -0.39 is 12.3 Å². The van der Waals surface area contributed by atoms with Gasteiger partial charge in [0.1, 0.15) is 0 Å². The van der Waals surface area contributed by atoms with Gasteiger partial charge in [-0.15, -0.1) is 0 Å². The third kappa shape index (κ3) is 4.31. The maximum absolute atomic E-state index is 8.67. The van der Waals surface area contributed by atoms with Crippen molar-refractivity contribution in [3.05, 3.63) is 0 Å². The van der Waals surface area contributed by atoms with E-state index in [1.54, 1.807) is 0 Å². The van der Waals surface area contributed by atoms with Crippen molar-refractivity contribution in [2.24, 2.45) is 5.73 Å². The first-order chi connectivity index (χ1) is 5.26. The van der Waals surface area contributed by atoms with Crippen molar-refractivity contribution in [2.45, 2.75) is 26.2 Å². The molecule has 0 fully saturated rings. The lowest BCUT2D eigenvalue weighted by atomic mass is 10.3. The molecule has 0 aliphatic heterocycles. The van der Waals surface area contributed by atoms with E-state index in [2.05, 4.69) is 0 Å². The molecule has 0 saturated carbocycles. The number of rotatable bonds is 6. The Morgan fingerprint density at radius 2 is 1.73 bits per heavy atom. The van der Waals surface area contributed by atoms with Crippen molar-refractivity contribution in [1.82, 2.24) is 0 Å². The molecule has 4 nitrogen and oxygen atoms in total. The highest BCUT2D eigenvalue weighted by atomic mass is 16.7. The van der Waals surface area contributed by atoms with Gasteiger partial charge in [-0.25, -0.2) is 0 Å². The van der Waals surface area contributed by atoms with Gasteiger partial charge in [-0.05, 0) is 13.8 Å². The second-order valence-corrected chi connectivity index (χ2v) is 2.13. The van der Waals surface area contributed by atoms with Crippen LogP contribution in [0.1, 0.15) is 13.8 Å². The van der Waals surface area contributed by atoms with E-state index in [4.69, 9.17) is 20.3 Å². The largest absolute Gasteiger partial charge is 0.395 e. The molecular formula is C7H17NO3. The Balaban J connectivity index is 3.66. The highest BCUT2D eigenvalue weighted by Gasteiger charge is 2.16. The molecule has 0 radical (unpaired) electrons. The number of ether oxygens (including phenoxy) is 2. The summed E-state index contributed by atoms with van der Waals surface area (Å²) >= 11 is 0. The van der Waals surface area contributed by atoms with E-state index in [0.717, 1.165) is 0 Å². The van der Waals surface area contributed by atoms with Crippen LogP contribution in [0.25, 0.3) is 0 Å². The lowest BCUT2D eigenvalue weighted by molar-refractivity contribution is -0.153. The molecule has 0 bridgehead atoms. The molecule has 0 aromatic rings. The third-order valence-electron chi connectivity index (χ3n) is 1.22. The van der Waals surface area contributed by atoms with E-state index in [1.165, 1.54) is 0 Å². The standard InChI is InChI=1S/C7H17NO3/c1-3-10-7(11-4-2)6(8)5-9/h6-7,9H,3-5,8H2,1-2H3/t6-/m1/s1. The Hall–Kier alpha value is -0.160. The third-order valence-corrected chi connectivity index (χ3v) is 1.22. The number of nitrogens with two attached hydrogens (primary N) is 1. The van der Waals surface area contributed by atoms with Gasteiger partial charge >= 0.3 is 0 Å². The number of hydrogen-bond donors (Lipinski definition) is 2. The minimum atomic E-state index is -0.477. The quantitative estimate of drug-likeness (QED) is 0.528. The van der Waals surface area contributed by atoms with E-state index in [1.807, 2.05) is 13.8 Å². The summed E-state index contributed by atoms with van der Waals surface area (Å²) in [5.74, 6) is 0. The zero-order valence-electron chi connectivity index (χ0n) is 7.12. The first-order valence-corrected chi connectivity index (χ1v) is 3.85. The van der Waals surface area contributed by atoms with Crippen LogP contribution in [-0.4, -0.2) is 37.3 Å². The normalized spacial score (nSPS) is 13.9. The summed E-state index contributed by atoms with van der Waals surface area (Å²) in [6.45, 7) is 4.67. The van der Waals surface area contributed by atoms with Gasteiger partial charge in [-0.2, -0.15) is 0 Å². The molecule has 0 unspecified atom stereocenters. The number of aliphatic hydroxyl groups is 1. The molecule has 11 heavy (non-hydrogen) atoms. The summed E-state index contributed by atoms with van der Waals surface area (Å²) in [5, 5.41) is 8.67. The van der Waals surface area contributed by atoms with Gasteiger partial charge in [-0.3, -0.25) is 0 Å². The fourth-order valence-electron chi connectivity index (χ4n) is 0.710. The molecule has 1 atom stereocenters. The minimum Gasteiger partial charge on any atom is -0.395 e. The Morgan fingerprint density at radius 3 is 2.00 bits per heavy atom. The Kier molecular flexibility index (Phi) is 6.45. The summed E-state index contributed by atoms with van der Waals surface area (Å²) in [5.41, 5.74) is 5.49. The fraction of sp³-hybridized carbons (Fsp3) is 1.00. The summed E-state index contributed by atoms with van der Waals surface area (Å²) in [6.07, 6.45) is -0.477. The van der Waals surface area contributed by atoms with Crippen molar-refractivity contribution in [3.63, 3.8) is 0 Å². The SMILES string of the molecule is CCOC(OCC)[C@H](N)CO. The maximum Gasteiger partial charge on any atom is 0.174 e. The smallest absolute Gasteiger partial charge is 0.174 e. The van der Waals surface area contributed by atoms with Crippen LogP contribution < -0.4 is 5.73 Å². The second kappa shape index (κ2) is 6.54. The van der Waals surface area contributed by atoms with Crippen LogP contribution in [0.15, 0.2) is 0 Å². The van der Waals surface area contributed by atoms with Crippen LogP contribution in [0.5, 0.6) is 0 Å². The molecule has 68 valence electrons. The van der Waals surface area contributed by atoms with E-state index in [-0.39, 0.29) is 6.61 Å². The second-order valence-electron chi connectivity index (χ2n) is 2.13. The molecule has 0 amide bonds. The van der Waals surface area contributed by atoms with Crippen molar-refractivity contribution < 1.29 is 14.6 Å². The summed E-state index contributed by atoms with van der Waals surface area (Å²) in [4.78, 5) is 0. The minimum absolute atomic E-state index is 0.120. The number of aliphatic hydroxyl groups excluding tert-OH is 1. The Bertz CT molecular complexity index is 83.8. The predicted octanol–water partition coefficient (Wildman–Crippen LogP) is -0.295. The van der Waals surface area contributed by atoms with Crippen LogP contribution in [0.3, 0.4) is 0 Å². The van der Waals surface area contributed by atoms with Crippen molar-refractivity contribution in [1.29, 1.82) is 0 Å². The lowest BCUT2D eigenvalue weighted by Gasteiger charge is -2.21. The van der Waals surface area contributed by atoms with Crippen LogP contribution >= 0.6 is 0 Å². The van der Waals surface area contributed by atoms with E-state index in [0.29, 0.717) is 13.2 Å². The van der Waals surface area contributed by atoms with E-state index in [9.17, 15) is 0 Å². The maximum atomic E-state index is 8.67.